The minimum absolute atomic E-state index is 0.0239. The largest absolute Gasteiger partial charge is 0.493 e. The lowest BCUT2D eigenvalue weighted by molar-refractivity contribution is -0.122. The molecule has 0 bridgehead atoms. The van der Waals surface area contributed by atoms with Crippen molar-refractivity contribution >= 4 is 40.3 Å². The van der Waals surface area contributed by atoms with Crippen LogP contribution in [0.25, 0.3) is 6.08 Å². The van der Waals surface area contributed by atoms with Gasteiger partial charge in [-0.3, -0.25) is 14.6 Å². The second-order valence-electron chi connectivity index (χ2n) is 7.70. The second-order valence-corrected chi connectivity index (χ2v) is 9.38. The zero-order chi connectivity index (χ0) is 21.1. The third-order valence-electron chi connectivity index (χ3n) is 5.45. The molecule has 8 heteroatoms. The number of hydrogen-bond acceptors (Lipinski definition) is 7. The predicted octanol–water partition coefficient (Wildman–Crippen LogP) is 3.33. The van der Waals surface area contributed by atoms with Gasteiger partial charge in [-0.15, -0.1) is 0 Å². The third kappa shape index (κ3) is 4.82. The van der Waals surface area contributed by atoms with Crippen molar-refractivity contribution in [3.8, 4) is 11.5 Å². The van der Waals surface area contributed by atoms with Crippen molar-refractivity contribution < 1.29 is 19.0 Å². The predicted molar refractivity (Wildman–Crippen MR) is 123 cm³/mol. The number of hydrogen-bond donors (Lipinski definition) is 0. The van der Waals surface area contributed by atoms with E-state index in [0.29, 0.717) is 22.4 Å². The van der Waals surface area contributed by atoms with Crippen LogP contribution < -0.4 is 9.47 Å². The lowest BCUT2D eigenvalue weighted by atomic mass is 10.1. The number of carbonyl (C=O) groups is 1. The Morgan fingerprint density at radius 1 is 1.30 bits per heavy atom. The zero-order valence-corrected chi connectivity index (χ0v) is 19.2. The van der Waals surface area contributed by atoms with Gasteiger partial charge in [0.1, 0.15) is 21.9 Å². The van der Waals surface area contributed by atoms with E-state index in [1.54, 1.807) is 4.90 Å². The molecule has 1 aromatic rings. The molecule has 1 atom stereocenters. The number of carbonyl (C=O) groups excluding carboxylic acids is 1. The molecule has 2 fully saturated rings. The summed E-state index contributed by atoms with van der Waals surface area (Å²) in [6.07, 6.45) is 3.82. The quantitative estimate of drug-likeness (QED) is 0.468. The van der Waals surface area contributed by atoms with Crippen molar-refractivity contribution in [3.63, 3.8) is 0 Å². The van der Waals surface area contributed by atoms with E-state index >= 15 is 0 Å². The maximum atomic E-state index is 13.0. The monoisotopic (exact) mass is 448 g/mol. The summed E-state index contributed by atoms with van der Waals surface area (Å²) in [5, 5.41) is 0. The fraction of sp³-hybridized carbons (Fsp3) is 0.545. The molecule has 162 valence electrons. The van der Waals surface area contributed by atoms with Crippen LogP contribution in [-0.4, -0.2) is 72.1 Å². The molecule has 1 amide bonds. The molecule has 0 N–H and O–H groups in total. The van der Waals surface area contributed by atoms with Gasteiger partial charge in [-0.05, 0) is 38.5 Å². The van der Waals surface area contributed by atoms with Crippen LogP contribution in [0.5, 0.6) is 11.5 Å². The van der Waals surface area contributed by atoms with Crippen LogP contribution >= 0.6 is 24.0 Å². The maximum Gasteiger partial charge on any atom is 0.266 e. The minimum Gasteiger partial charge on any atom is -0.493 e. The molecule has 3 heterocycles. The summed E-state index contributed by atoms with van der Waals surface area (Å²) >= 11 is 6.86. The molecule has 0 aliphatic carbocycles. The van der Waals surface area contributed by atoms with Crippen molar-refractivity contribution in [1.29, 1.82) is 0 Å². The molecule has 0 spiro atoms. The Kier molecular flexibility index (Phi) is 6.98. The summed E-state index contributed by atoms with van der Waals surface area (Å²) in [4.78, 5) is 17.7. The molecule has 3 aliphatic heterocycles. The Morgan fingerprint density at radius 3 is 2.87 bits per heavy atom. The molecule has 0 saturated carbocycles. The van der Waals surface area contributed by atoms with E-state index in [1.807, 2.05) is 25.1 Å². The number of thiocarbonyl (C=S) groups is 1. The van der Waals surface area contributed by atoms with Gasteiger partial charge in [-0.2, -0.15) is 0 Å². The van der Waals surface area contributed by atoms with Crippen LogP contribution in [0.15, 0.2) is 17.0 Å². The van der Waals surface area contributed by atoms with Gasteiger partial charge in [0.15, 0.2) is 0 Å². The van der Waals surface area contributed by atoms with E-state index in [9.17, 15) is 4.79 Å². The molecule has 1 aromatic carbocycles. The highest BCUT2D eigenvalue weighted by Crippen LogP contribution is 2.39. The van der Waals surface area contributed by atoms with Crippen LogP contribution in [0.1, 0.15) is 31.4 Å². The van der Waals surface area contributed by atoms with E-state index in [4.69, 9.17) is 26.4 Å². The topological polar surface area (TPSA) is 51.2 Å². The van der Waals surface area contributed by atoms with E-state index in [1.165, 1.54) is 11.8 Å². The van der Waals surface area contributed by atoms with Crippen LogP contribution in [0.3, 0.4) is 0 Å². The number of amides is 1. The smallest absolute Gasteiger partial charge is 0.266 e. The number of rotatable bonds is 7. The first kappa shape index (κ1) is 21.6. The van der Waals surface area contributed by atoms with Crippen molar-refractivity contribution in [2.75, 3.05) is 46.0 Å². The lowest BCUT2D eigenvalue weighted by Gasteiger charge is -2.27. The van der Waals surface area contributed by atoms with Gasteiger partial charge in [0, 0.05) is 43.7 Å². The highest BCUT2D eigenvalue weighted by atomic mass is 32.2. The number of nitrogens with zero attached hydrogens (tertiary/aromatic N) is 2. The normalized spacial score (nSPS) is 23.2. The van der Waals surface area contributed by atoms with Gasteiger partial charge in [0.25, 0.3) is 5.91 Å². The number of thioether (sulfide) groups is 1. The summed E-state index contributed by atoms with van der Waals surface area (Å²) < 4.78 is 17.8. The summed E-state index contributed by atoms with van der Waals surface area (Å²) in [6, 6.07) is 4.02. The third-order valence-corrected chi connectivity index (χ3v) is 6.83. The maximum absolute atomic E-state index is 13.0. The van der Waals surface area contributed by atoms with Crippen LogP contribution in [0, 0.1) is 0 Å². The number of fused-ring (bicyclic) bond motifs is 1. The first-order valence-corrected chi connectivity index (χ1v) is 11.8. The molecule has 3 aliphatic rings. The van der Waals surface area contributed by atoms with Gasteiger partial charge >= 0.3 is 0 Å². The number of ether oxygens (including phenoxy) is 3. The van der Waals surface area contributed by atoms with Crippen LogP contribution in [0.4, 0.5) is 0 Å². The molecule has 0 aromatic heterocycles. The van der Waals surface area contributed by atoms with Gasteiger partial charge in [0.2, 0.25) is 0 Å². The zero-order valence-electron chi connectivity index (χ0n) is 17.5. The molecular formula is C22H28N2O4S2. The van der Waals surface area contributed by atoms with E-state index in [0.717, 1.165) is 68.3 Å². The summed E-state index contributed by atoms with van der Waals surface area (Å²) in [7, 11) is 0. The number of morpholine rings is 1. The molecule has 0 radical (unpaired) electrons. The van der Waals surface area contributed by atoms with Gasteiger partial charge in [-0.1, -0.05) is 24.0 Å². The van der Waals surface area contributed by atoms with Gasteiger partial charge in [0.05, 0.1) is 24.7 Å². The Labute approximate surface area is 187 Å². The molecule has 2 saturated heterocycles. The average Bonchev–Trinajstić information content (AvgIpc) is 3.22. The van der Waals surface area contributed by atoms with Crippen LogP contribution in [0.2, 0.25) is 0 Å². The summed E-state index contributed by atoms with van der Waals surface area (Å²) in [5.41, 5.74) is 2.01. The fourth-order valence-electron chi connectivity index (χ4n) is 3.96. The fourth-order valence-corrected chi connectivity index (χ4v) is 5.26. The van der Waals surface area contributed by atoms with Gasteiger partial charge < -0.3 is 14.2 Å². The van der Waals surface area contributed by atoms with Crippen molar-refractivity contribution in [2.24, 2.45) is 0 Å². The van der Waals surface area contributed by atoms with Crippen molar-refractivity contribution in [1.82, 2.24) is 9.80 Å². The molecular weight excluding hydrogens is 420 g/mol. The van der Waals surface area contributed by atoms with E-state index < -0.39 is 0 Å². The van der Waals surface area contributed by atoms with E-state index in [-0.39, 0.29) is 12.0 Å². The Bertz CT molecular complexity index is 852. The van der Waals surface area contributed by atoms with Crippen LogP contribution in [-0.2, 0) is 16.0 Å². The Hall–Kier alpha value is -1.61. The molecule has 30 heavy (non-hydrogen) atoms. The Morgan fingerprint density at radius 2 is 2.10 bits per heavy atom. The standard InChI is InChI=1S/C22H28N2O4S2/c1-3-27-18-12-16-11-15(2)28-19(16)13-17(18)14-20-21(25)24(22(29)30-20)6-4-5-23-7-9-26-10-8-23/h12-15H,3-11H2,1-2H3/b20-14-. The van der Waals surface area contributed by atoms with Crippen molar-refractivity contribution in [3.05, 3.63) is 28.2 Å². The molecule has 1 unspecified atom stereocenters. The molecule has 4 rings (SSSR count). The first-order chi connectivity index (χ1) is 14.5. The summed E-state index contributed by atoms with van der Waals surface area (Å²) in [6.45, 7) is 9.67. The summed E-state index contributed by atoms with van der Waals surface area (Å²) in [5.74, 6) is 1.63. The molecule has 6 nitrogen and oxygen atoms in total. The second kappa shape index (κ2) is 9.68. The lowest BCUT2D eigenvalue weighted by Crippen LogP contribution is -2.38. The van der Waals surface area contributed by atoms with E-state index in [2.05, 4.69) is 11.8 Å². The Balaban J connectivity index is 1.45. The SMILES string of the molecule is CCOc1cc2c(cc1/C=C1\SC(=S)N(CCCN3CCOCC3)C1=O)OC(C)C2. The first-order valence-electron chi connectivity index (χ1n) is 10.6. The number of benzene rings is 1. The average molecular weight is 449 g/mol. The van der Waals surface area contributed by atoms with Crippen molar-refractivity contribution in [2.45, 2.75) is 32.8 Å². The minimum atomic E-state index is -0.0239. The highest BCUT2D eigenvalue weighted by Gasteiger charge is 2.32. The van der Waals surface area contributed by atoms with Gasteiger partial charge in [-0.25, -0.2) is 0 Å². The highest BCUT2D eigenvalue weighted by molar-refractivity contribution is 8.26.